The topological polar surface area (TPSA) is 23.4 Å². The Morgan fingerprint density at radius 2 is 1.75 bits per heavy atom. The van der Waals surface area contributed by atoms with Gasteiger partial charge in [-0.25, -0.2) is 4.98 Å². The molecule has 2 nitrogen and oxygen atoms in total. The first-order valence-corrected chi connectivity index (χ1v) is 6.34. The summed E-state index contributed by atoms with van der Waals surface area (Å²) in [4.78, 5) is 3.34. The van der Waals surface area contributed by atoms with Crippen LogP contribution >= 0.6 is 0 Å². The molecule has 0 atom stereocenters. The van der Waals surface area contributed by atoms with Gasteiger partial charge in [-0.15, -0.1) is 0 Å². The van der Waals surface area contributed by atoms with Gasteiger partial charge in [0.05, 0.1) is 12.7 Å². The van der Waals surface area contributed by atoms with Crippen molar-refractivity contribution in [2.24, 2.45) is 0 Å². The first-order valence-electron chi connectivity index (χ1n) is 6.34. The molecule has 0 aliphatic carbocycles. The van der Waals surface area contributed by atoms with Crippen molar-refractivity contribution < 1.29 is 22.1 Å². The highest BCUT2D eigenvalue weighted by molar-refractivity contribution is 5.97. The van der Waals surface area contributed by atoms with Crippen LogP contribution in [-0.2, 0) is 0 Å². The average molecular weight is 286 g/mol. The largest absolute Gasteiger partial charge is 1.00 e. The minimum absolute atomic E-state index is 0. The summed E-state index contributed by atoms with van der Waals surface area (Å²) in [6, 6.07) is 16.6. The molecule has 1 heterocycles. The van der Waals surface area contributed by atoms with Crippen LogP contribution in [-0.4, -0.2) is 7.11 Å². The van der Waals surface area contributed by atoms with Gasteiger partial charge in [-0.05, 0) is 23.8 Å². The minimum Gasteiger partial charge on any atom is -1.00 e. The van der Waals surface area contributed by atoms with E-state index in [2.05, 4.69) is 48.3 Å². The predicted octanol–water partition coefficient (Wildman–Crippen LogP) is 0.642. The molecule has 102 valence electrons. The number of fused-ring (bicyclic) bond motifs is 1. The third-order valence-electron chi connectivity index (χ3n) is 3.41. The number of aromatic amines is 1. The van der Waals surface area contributed by atoms with E-state index >= 15 is 0 Å². The Kier molecular flexibility index (Phi) is 4.26. The van der Waals surface area contributed by atoms with Gasteiger partial charge in [0.15, 0.2) is 11.9 Å². The number of ether oxygens (including phenoxy) is 1. The molecule has 0 aliphatic heterocycles. The van der Waals surface area contributed by atoms with E-state index in [-0.39, 0.29) is 12.4 Å². The maximum absolute atomic E-state index is 5.34. The zero-order valence-corrected chi connectivity index (χ0v) is 12.2. The van der Waals surface area contributed by atoms with Crippen LogP contribution in [0.1, 0.15) is 5.69 Å². The Morgan fingerprint density at radius 1 is 1.00 bits per heavy atom. The Balaban J connectivity index is 0.00000147. The summed E-state index contributed by atoms with van der Waals surface area (Å²) in [5, 5.41) is 2.40. The van der Waals surface area contributed by atoms with Crippen molar-refractivity contribution in [3.8, 4) is 16.9 Å². The number of nitrogens with one attached hydrogen (secondary N) is 1. The highest BCUT2D eigenvalue weighted by Gasteiger charge is 2.13. The molecule has 0 unspecified atom stereocenters. The van der Waals surface area contributed by atoms with Gasteiger partial charge in [0, 0.05) is 17.7 Å². The third-order valence-corrected chi connectivity index (χ3v) is 3.41. The van der Waals surface area contributed by atoms with Crippen LogP contribution in [0.3, 0.4) is 0 Å². The van der Waals surface area contributed by atoms with Gasteiger partial charge in [0.25, 0.3) is 0 Å². The SMILES string of the molecule is COc1ccc2c[nH+]c(C)c(-c3ccccc3)c2c1.[Cl-]. The number of halogens is 1. The van der Waals surface area contributed by atoms with E-state index in [4.69, 9.17) is 4.74 Å². The summed E-state index contributed by atoms with van der Waals surface area (Å²) < 4.78 is 5.34. The number of rotatable bonds is 2. The van der Waals surface area contributed by atoms with Crippen molar-refractivity contribution in [1.29, 1.82) is 0 Å². The molecule has 0 fully saturated rings. The van der Waals surface area contributed by atoms with E-state index in [9.17, 15) is 0 Å². The zero-order valence-electron chi connectivity index (χ0n) is 11.5. The Morgan fingerprint density at radius 3 is 2.45 bits per heavy atom. The molecule has 0 aliphatic rings. The number of aromatic nitrogens is 1. The molecule has 0 amide bonds. The second-order valence-corrected chi connectivity index (χ2v) is 4.61. The Bertz CT molecular complexity index is 726. The monoisotopic (exact) mass is 285 g/mol. The van der Waals surface area contributed by atoms with Crippen LogP contribution in [0.5, 0.6) is 5.75 Å². The normalized spacial score (nSPS) is 10.1. The maximum atomic E-state index is 5.34. The van der Waals surface area contributed by atoms with Crippen LogP contribution in [0.25, 0.3) is 21.9 Å². The second kappa shape index (κ2) is 5.93. The summed E-state index contributed by atoms with van der Waals surface area (Å²) in [7, 11) is 1.70. The van der Waals surface area contributed by atoms with Crippen molar-refractivity contribution >= 4 is 10.8 Å². The zero-order chi connectivity index (χ0) is 13.2. The molecule has 0 saturated heterocycles. The molecule has 3 heteroatoms. The van der Waals surface area contributed by atoms with E-state index in [0.29, 0.717) is 0 Å². The average Bonchev–Trinajstić information content (AvgIpc) is 2.47. The lowest BCUT2D eigenvalue weighted by Gasteiger charge is -2.08. The molecular weight excluding hydrogens is 270 g/mol. The van der Waals surface area contributed by atoms with Crippen molar-refractivity contribution in [3.05, 3.63) is 60.4 Å². The molecule has 20 heavy (non-hydrogen) atoms. The molecule has 3 aromatic rings. The smallest absolute Gasteiger partial charge is 0.185 e. The predicted molar refractivity (Wildman–Crippen MR) is 77.2 cm³/mol. The Labute approximate surface area is 124 Å². The molecule has 0 bridgehead atoms. The van der Waals surface area contributed by atoms with Crippen molar-refractivity contribution in [2.75, 3.05) is 7.11 Å². The standard InChI is InChI=1S/C17H15NO.ClH/c1-12-17(13-6-4-3-5-7-13)16-10-15(19-2)9-8-14(16)11-18-12;/h3-11H,1-2H3;1H. The lowest BCUT2D eigenvalue weighted by atomic mass is 9.98. The third kappa shape index (κ3) is 2.47. The first kappa shape index (κ1) is 14.4. The van der Waals surface area contributed by atoms with Gasteiger partial charge in [0.1, 0.15) is 5.75 Å². The van der Waals surface area contributed by atoms with Crippen molar-refractivity contribution in [3.63, 3.8) is 0 Å². The highest BCUT2D eigenvalue weighted by Crippen LogP contribution is 2.31. The number of H-pyrrole nitrogens is 1. The van der Waals surface area contributed by atoms with E-state index in [0.717, 1.165) is 11.4 Å². The van der Waals surface area contributed by atoms with Crippen LogP contribution < -0.4 is 22.1 Å². The number of hydrogen-bond acceptors (Lipinski definition) is 1. The lowest BCUT2D eigenvalue weighted by molar-refractivity contribution is -0.384. The number of benzene rings is 2. The summed E-state index contributed by atoms with van der Waals surface area (Å²) in [5.74, 6) is 0.885. The van der Waals surface area contributed by atoms with Crippen LogP contribution in [0.2, 0.25) is 0 Å². The molecule has 3 rings (SSSR count). The van der Waals surface area contributed by atoms with E-state index in [1.54, 1.807) is 7.11 Å². The fourth-order valence-corrected chi connectivity index (χ4v) is 2.44. The highest BCUT2D eigenvalue weighted by atomic mass is 35.5. The van der Waals surface area contributed by atoms with Gasteiger partial charge in [-0.3, -0.25) is 0 Å². The second-order valence-electron chi connectivity index (χ2n) is 4.61. The number of aryl methyl sites for hydroxylation is 1. The molecular formula is C17H16ClNO. The van der Waals surface area contributed by atoms with Gasteiger partial charge in [-0.2, -0.15) is 0 Å². The summed E-state index contributed by atoms with van der Waals surface area (Å²) >= 11 is 0. The summed E-state index contributed by atoms with van der Waals surface area (Å²) in [5.41, 5.74) is 3.61. The van der Waals surface area contributed by atoms with Gasteiger partial charge >= 0.3 is 0 Å². The molecule has 0 radical (unpaired) electrons. The first-order chi connectivity index (χ1) is 9.29. The lowest BCUT2D eigenvalue weighted by Crippen LogP contribution is -3.00. The van der Waals surface area contributed by atoms with Crippen molar-refractivity contribution in [2.45, 2.75) is 6.92 Å². The van der Waals surface area contributed by atoms with Crippen molar-refractivity contribution in [1.82, 2.24) is 0 Å². The van der Waals surface area contributed by atoms with E-state index in [1.807, 2.05) is 18.3 Å². The molecule has 0 saturated carbocycles. The molecule has 0 spiro atoms. The summed E-state index contributed by atoms with van der Waals surface area (Å²) in [6.45, 7) is 2.10. The minimum atomic E-state index is 0. The maximum Gasteiger partial charge on any atom is 0.185 e. The molecule has 1 aromatic heterocycles. The molecule has 1 N–H and O–H groups in total. The van der Waals surface area contributed by atoms with Crippen LogP contribution in [0, 0.1) is 6.92 Å². The van der Waals surface area contributed by atoms with E-state index in [1.165, 1.54) is 21.9 Å². The Hall–Kier alpha value is -2.06. The number of hydrogen-bond donors (Lipinski definition) is 0. The fourth-order valence-electron chi connectivity index (χ4n) is 2.44. The number of pyridine rings is 1. The molecule has 2 aromatic carbocycles. The van der Waals surface area contributed by atoms with Gasteiger partial charge in [0.2, 0.25) is 0 Å². The van der Waals surface area contributed by atoms with E-state index < -0.39 is 0 Å². The fraction of sp³-hybridized carbons (Fsp3) is 0.118. The number of methoxy groups -OCH3 is 1. The van der Waals surface area contributed by atoms with Crippen LogP contribution in [0.15, 0.2) is 54.7 Å². The quantitative estimate of drug-likeness (QED) is 0.678. The van der Waals surface area contributed by atoms with Gasteiger partial charge in [-0.1, -0.05) is 30.3 Å². The van der Waals surface area contributed by atoms with Crippen LogP contribution in [0.4, 0.5) is 0 Å². The summed E-state index contributed by atoms with van der Waals surface area (Å²) in [6.07, 6.45) is 2.04. The van der Waals surface area contributed by atoms with Gasteiger partial charge < -0.3 is 17.1 Å².